The highest BCUT2D eigenvalue weighted by molar-refractivity contribution is 6.90. The van der Waals surface area contributed by atoms with Gasteiger partial charge in [-0.2, -0.15) is 15.0 Å². The van der Waals surface area contributed by atoms with Crippen molar-refractivity contribution in [2.24, 2.45) is 0 Å². The Morgan fingerprint density at radius 1 is 1.00 bits per heavy atom. The molecule has 3 aromatic rings. The van der Waals surface area contributed by atoms with Crippen molar-refractivity contribution in [2.45, 2.75) is 147 Å². The summed E-state index contributed by atoms with van der Waals surface area (Å²) < 4.78 is 54.3. The smallest absolute Gasteiger partial charge is 0.410 e. The maximum Gasteiger partial charge on any atom is 0.410 e. The average Bonchev–Trinajstić information content (AvgIpc) is 3.81. The molecule has 4 fully saturated rings. The molecule has 61 heavy (non-hydrogen) atoms. The van der Waals surface area contributed by atoms with Gasteiger partial charge in [0.15, 0.2) is 6.79 Å². The number of anilines is 2. The molecule has 1 aromatic heterocycles. The van der Waals surface area contributed by atoms with E-state index in [2.05, 4.69) is 68.1 Å². The molecule has 0 saturated carbocycles. The number of hydrogen-bond donors (Lipinski definition) is 1. The predicted molar refractivity (Wildman–Crippen MR) is 237 cm³/mol. The third kappa shape index (κ3) is 9.27. The zero-order valence-corrected chi connectivity index (χ0v) is 38.7. The second-order valence-electron chi connectivity index (χ2n) is 19.4. The van der Waals surface area contributed by atoms with Gasteiger partial charge in [0.1, 0.15) is 38.0 Å². The van der Waals surface area contributed by atoms with E-state index in [-0.39, 0.29) is 55.9 Å². The highest BCUT2D eigenvalue weighted by Gasteiger charge is 2.50. The van der Waals surface area contributed by atoms with Crippen LogP contribution in [0, 0.1) is 17.3 Å². The molecule has 4 aliphatic heterocycles. The standard InChI is InChI=1S/C46H65F2N7O5Si/c1-29(2)61(30(3)4,31(5)6)19-16-38-39(48)15-12-32-20-37(59-28-57-10)21-33(40(32)38)23-49-41-50-42(52-43(51-41)58-27-46-17-11-18-54(46)24-34(47)22-46)53-25-35-13-14-36(26-53)55(35)44(56)60-45(7,8)9/h12,15,20-21,29-31,34-36H,11,13-14,17-18,22-28H2,1-10H3,(H,49,50,51,52)/t34-,35-,36+,46+/m1/s1. The topological polar surface area (TPSA) is 114 Å². The molecule has 0 unspecified atom stereocenters. The van der Waals surface area contributed by atoms with Gasteiger partial charge in [0.05, 0.1) is 23.2 Å². The number of halogens is 2. The summed E-state index contributed by atoms with van der Waals surface area (Å²) in [4.78, 5) is 34.0. The number of rotatable bonds is 13. The minimum atomic E-state index is -2.21. The zero-order valence-electron chi connectivity index (χ0n) is 37.7. The second-order valence-corrected chi connectivity index (χ2v) is 25.0. The minimum Gasteiger partial charge on any atom is -0.468 e. The number of fused-ring (bicyclic) bond motifs is 4. The highest BCUT2D eigenvalue weighted by atomic mass is 28.3. The monoisotopic (exact) mass is 861 g/mol. The van der Waals surface area contributed by atoms with Crippen LogP contribution < -0.4 is 19.7 Å². The number of amides is 1. The van der Waals surface area contributed by atoms with Crippen LogP contribution >= 0.6 is 0 Å². The SMILES string of the molecule is COCOc1cc(CNc2nc(OC[C@@]34CCCN3C[C@H](F)C4)nc(N3C[C@H]4CC[C@@H](C3)N4C(=O)OC(C)(C)C)n2)c2c(C#C[Si](C(C)C)(C(C)C)C(C)C)c(F)ccc2c1. The summed E-state index contributed by atoms with van der Waals surface area (Å²) in [5, 5.41) is 4.90. The number of hydrogen-bond acceptors (Lipinski definition) is 11. The number of benzene rings is 2. The molecule has 15 heteroatoms. The Hall–Kier alpha value is -4.26. The van der Waals surface area contributed by atoms with Crippen LogP contribution in [0.2, 0.25) is 16.6 Å². The van der Waals surface area contributed by atoms with Gasteiger partial charge in [0, 0.05) is 45.1 Å². The normalized spacial score (nSPS) is 22.9. The summed E-state index contributed by atoms with van der Waals surface area (Å²) in [6, 6.07) is 6.99. The molecule has 4 aliphatic rings. The number of nitrogens with zero attached hydrogens (tertiary/aromatic N) is 6. The Labute approximate surface area is 361 Å². The lowest BCUT2D eigenvalue weighted by atomic mass is 9.95. The van der Waals surface area contributed by atoms with E-state index in [1.54, 1.807) is 13.2 Å². The van der Waals surface area contributed by atoms with E-state index in [1.165, 1.54) is 6.07 Å². The van der Waals surface area contributed by atoms with Crippen molar-refractivity contribution < 1.29 is 32.5 Å². The van der Waals surface area contributed by atoms with Crippen molar-refractivity contribution in [3.8, 4) is 23.2 Å². The Kier molecular flexibility index (Phi) is 13.1. The number of aromatic nitrogens is 3. The molecule has 0 spiro atoms. The van der Waals surface area contributed by atoms with Crippen molar-refractivity contribution in [1.29, 1.82) is 0 Å². The van der Waals surface area contributed by atoms with Gasteiger partial charge in [-0.25, -0.2) is 13.6 Å². The molecule has 4 atom stereocenters. The number of ether oxygens (including phenoxy) is 4. The van der Waals surface area contributed by atoms with Crippen LogP contribution in [-0.4, -0.2) is 115 Å². The van der Waals surface area contributed by atoms with E-state index in [9.17, 15) is 9.18 Å². The van der Waals surface area contributed by atoms with Gasteiger partial charge in [-0.05, 0) is 98.8 Å². The minimum absolute atomic E-state index is 0.0420. The van der Waals surface area contributed by atoms with Crippen LogP contribution in [-0.2, 0) is 16.0 Å². The molecule has 0 aliphatic carbocycles. The van der Waals surface area contributed by atoms with Crippen LogP contribution in [0.5, 0.6) is 11.8 Å². The first-order valence-corrected chi connectivity index (χ1v) is 24.3. The largest absolute Gasteiger partial charge is 0.468 e. The van der Waals surface area contributed by atoms with Gasteiger partial charge in [-0.15, -0.1) is 5.54 Å². The van der Waals surface area contributed by atoms with Crippen LogP contribution in [0.15, 0.2) is 24.3 Å². The number of methoxy groups -OCH3 is 1. The molecule has 7 rings (SSSR count). The summed E-state index contributed by atoms with van der Waals surface area (Å²) in [7, 11) is -0.643. The Bertz CT molecular complexity index is 2100. The van der Waals surface area contributed by atoms with Crippen molar-refractivity contribution in [1.82, 2.24) is 24.8 Å². The average molecular weight is 862 g/mol. The Balaban J connectivity index is 1.25. The fourth-order valence-corrected chi connectivity index (χ4v) is 15.9. The van der Waals surface area contributed by atoms with Gasteiger partial charge >= 0.3 is 12.1 Å². The maximum absolute atomic E-state index is 16.1. The molecular formula is C46H65F2N7O5Si. The number of carbonyl (C=O) groups excluding carboxylic acids is 1. The molecule has 12 nitrogen and oxygen atoms in total. The zero-order chi connectivity index (χ0) is 43.9. The first-order valence-electron chi connectivity index (χ1n) is 22.1. The predicted octanol–water partition coefficient (Wildman–Crippen LogP) is 8.87. The fourth-order valence-electron chi connectivity index (χ4n) is 10.7. The third-order valence-electron chi connectivity index (χ3n) is 13.4. The number of carbonyl (C=O) groups is 1. The Morgan fingerprint density at radius 2 is 1.70 bits per heavy atom. The first-order chi connectivity index (χ1) is 28.9. The summed E-state index contributed by atoms with van der Waals surface area (Å²) in [5.74, 6) is 4.28. The summed E-state index contributed by atoms with van der Waals surface area (Å²) >= 11 is 0. The molecule has 1 N–H and O–H groups in total. The van der Waals surface area contributed by atoms with E-state index in [0.29, 0.717) is 65.3 Å². The molecule has 1 amide bonds. The quantitative estimate of drug-likeness (QED) is 0.101. The van der Waals surface area contributed by atoms with E-state index in [4.69, 9.17) is 33.9 Å². The van der Waals surface area contributed by atoms with Crippen molar-refractivity contribution in [2.75, 3.05) is 56.9 Å². The van der Waals surface area contributed by atoms with Crippen LogP contribution in [0.4, 0.5) is 25.5 Å². The van der Waals surface area contributed by atoms with E-state index in [1.807, 2.05) is 37.8 Å². The third-order valence-corrected chi connectivity index (χ3v) is 19.7. The molecular weight excluding hydrogens is 797 g/mol. The highest BCUT2D eigenvalue weighted by Crippen LogP contribution is 2.42. The molecule has 4 saturated heterocycles. The lowest BCUT2D eigenvalue weighted by molar-refractivity contribution is 0.0122. The molecule has 332 valence electrons. The van der Waals surface area contributed by atoms with Crippen LogP contribution in [0.1, 0.15) is 106 Å². The van der Waals surface area contributed by atoms with E-state index in [0.717, 1.165) is 43.2 Å². The first kappa shape index (κ1) is 44.8. The van der Waals surface area contributed by atoms with Gasteiger partial charge in [-0.1, -0.05) is 53.5 Å². The second kappa shape index (κ2) is 17.8. The van der Waals surface area contributed by atoms with Gasteiger partial charge in [0.2, 0.25) is 11.9 Å². The fraction of sp³-hybridized carbons (Fsp3) is 0.652. The molecule has 5 heterocycles. The van der Waals surface area contributed by atoms with Crippen molar-refractivity contribution in [3.05, 3.63) is 41.2 Å². The lowest BCUT2D eigenvalue weighted by Gasteiger charge is -2.41. The maximum atomic E-state index is 16.1. The van der Waals surface area contributed by atoms with Crippen LogP contribution in [0.3, 0.4) is 0 Å². The molecule has 0 radical (unpaired) electrons. The van der Waals surface area contributed by atoms with Gasteiger partial charge in [-0.3, -0.25) is 9.80 Å². The lowest BCUT2D eigenvalue weighted by Crippen LogP contribution is -2.57. The number of nitrogens with one attached hydrogen (secondary N) is 1. The van der Waals surface area contributed by atoms with E-state index >= 15 is 4.39 Å². The number of alkyl halides is 1. The summed E-state index contributed by atoms with van der Waals surface area (Å²) in [5.41, 5.74) is 4.96. The summed E-state index contributed by atoms with van der Waals surface area (Å²) in [6.07, 6.45) is 2.72. The Morgan fingerprint density at radius 3 is 2.36 bits per heavy atom. The van der Waals surface area contributed by atoms with E-state index < -0.39 is 25.4 Å². The van der Waals surface area contributed by atoms with Gasteiger partial charge < -0.3 is 29.2 Å². The van der Waals surface area contributed by atoms with Gasteiger partial charge in [0.25, 0.3) is 0 Å². The number of piperazine rings is 1. The molecule has 2 aromatic carbocycles. The summed E-state index contributed by atoms with van der Waals surface area (Å²) in [6.45, 7) is 21.9. The van der Waals surface area contributed by atoms with Crippen molar-refractivity contribution in [3.63, 3.8) is 0 Å². The van der Waals surface area contributed by atoms with Crippen molar-refractivity contribution >= 4 is 36.8 Å². The van der Waals surface area contributed by atoms with Crippen LogP contribution in [0.25, 0.3) is 10.8 Å². The molecule has 2 bridgehead atoms.